The van der Waals surface area contributed by atoms with Crippen LogP contribution in [0.25, 0.3) is 11.1 Å². The molecule has 1 aliphatic rings. The van der Waals surface area contributed by atoms with Crippen LogP contribution in [0.3, 0.4) is 0 Å². The zero-order chi connectivity index (χ0) is 24.1. The summed E-state index contributed by atoms with van der Waals surface area (Å²) in [6.45, 7) is 0.0860. The number of nitrogens with zero attached hydrogens (tertiary/aromatic N) is 1. The maximum Gasteiger partial charge on any atom is 0.410 e. The number of hydrogen-bond acceptors (Lipinski definition) is 5. The van der Waals surface area contributed by atoms with E-state index in [1.54, 1.807) is 12.1 Å². The van der Waals surface area contributed by atoms with Crippen molar-refractivity contribution in [1.82, 2.24) is 4.90 Å². The molecule has 3 aromatic rings. The lowest BCUT2D eigenvalue weighted by atomic mass is 9.98. The number of carboxylic acid groups (broad SMARTS) is 1. The Bertz CT molecular complexity index is 1150. The predicted octanol–water partition coefficient (Wildman–Crippen LogP) is 4.45. The summed E-state index contributed by atoms with van der Waals surface area (Å²) in [7, 11) is 1.31. The summed E-state index contributed by atoms with van der Waals surface area (Å²) >= 11 is 0. The first kappa shape index (κ1) is 23.0. The molecule has 1 aliphatic carbocycles. The third-order valence-corrected chi connectivity index (χ3v) is 5.98. The largest absolute Gasteiger partial charge is 0.480 e. The van der Waals surface area contributed by atoms with Gasteiger partial charge >= 0.3 is 18.0 Å². The number of esters is 1. The van der Waals surface area contributed by atoms with Crippen molar-refractivity contribution in [3.63, 3.8) is 0 Å². The monoisotopic (exact) mass is 459 g/mol. The average molecular weight is 459 g/mol. The van der Waals surface area contributed by atoms with Crippen molar-refractivity contribution >= 4 is 18.0 Å². The van der Waals surface area contributed by atoms with Gasteiger partial charge in [0.25, 0.3) is 0 Å². The highest BCUT2D eigenvalue weighted by Crippen LogP contribution is 2.44. The number of aliphatic carboxylic acids is 1. The standard InChI is InChI=1S/C27H25NO6/c1-28(24(26(30)31)15-25(29)33-16-18-9-3-2-4-10-18)27(32)34-17-23-21-13-7-5-11-19(21)20-12-6-8-14-22(20)23/h2-14,23-24H,15-17H2,1H3,(H,30,31)/t24-/m0/s1. The second-order valence-corrected chi connectivity index (χ2v) is 8.12. The minimum absolute atomic E-state index is 0.0284. The van der Waals surface area contributed by atoms with E-state index in [-0.39, 0.29) is 19.1 Å². The lowest BCUT2D eigenvalue weighted by Crippen LogP contribution is -2.44. The summed E-state index contributed by atoms with van der Waals surface area (Å²) in [5.74, 6) is -2.17. The van der Waals surface area contributed by atoms with Crippen molar-refractivity contribution in [2.24, 2.45) is 0 Å². The molecule has 1 atom stereocenters. The van der Waals surface area contributed by atoms with Crippen LogP contribution in [-0.4, -0.2) is 47.7 Å². The van der Waals surface area contributed by atoms with Gasteiger partial charge < -0.3 is 14.6 Å². The van der Waals surface area contributed by atoms with Crippen LogP contribution >= 0.6 is 0 Å². The molecule has 4 rings (SSSR count). The molecule has 0 saturated heterocycles. The zero-order valence-corrected chi connectivity index (χ0v) is 18.7. The van der Waals surface area contributed by atoms with Crippen molar-refractivity contribution in [3.8, 4) is 11.1 Å². The number of carboxylic acids is 1. The Hall–Kier alpha value is -4.13. The second kappa shape index (κ2) is 10.2. The molecule has 174 valence electrons. The number of hydrogen-bond donors (Lipinski definition) is 1. The van der Waals surface area contributed by atoms with Crippen molar-refractivity contribution < 1.29 is 29.0 Å². The van der Waals surface area contributed by atoms with Gasteiger partial charge in [0.05, 0.1) is 6.42 Å². The van der Waals surface area contributed by atoms with Crippen LogP contribution in [0.1, 0.15) is 29.0 Å². The highest BCUT2D eigenvalue weighted by atomic mass is 16.6. The summed E-state index contributed by atoms with van der Waals surface area (Å²) in [6.07, 6.45) is -1.30. The van der Waals surface area contributed by atoms with Crippen LogP contribution < -0.4 is 0 Å². The average Bonchev–Trinajstić information content (AvgIpc) is 3.18. The quantitative estimate of drug-likeness (QED) is 0.500. The van der Waals surface area contributed by atoms with E-state index in [1.165, 1.54) is 7.05 Å². The molecule has 34 heavy (non-hydrogen) atoms. The molecule has 0 saturated carbocycles. The van der Waals surface area contributed by atoms with Gasteiger partial charge in [-0.1, -0.05) is 78.9 Å². The predicted molar refractivity (Wildman–Crippen MR) is 125 cm³/mol. The summed E-state index contributed by atoms with van der Waals surface area (Å²) < 4.78 is 10.7. The van der Waals surface area contributed by atoms with Gasteiger partial charge in [-0.05, 0) is 27.8 Å². The fourth-order valence-corrected chi connectivity index (χ4v) is 4.17. The minimum atomic E-state index is -1.40. The fourth-order valence-electron chi connectivity index (χ4n) is 4.17. The van der Waals surface area contributed by atoms with Gasteiger partial charge in [0.1, 0.15) is 19.3 Å². The lowest BCUT2D eigenvalue weighted by molar-refractivity contribution is -0.152. The molecule has 1 N–H and O–H groups in total. The van der Waals surface area contributed by atoms with E-state index in [1.807, 2.05) is 66.7 Å². The Morgan fingerprint density at radius 2 is 1.41 bits per heavy atom. The first-order valence-electron chi connectivity index (χ1n) is 11.0. The van der Waals surface area contributed by atoms with Gasteiger partial charge in [-0.25, -0.2) is 9.59 Å². The van der Waals surface area contributed by atoms with Crippen molar-refractivity contribution in [1.29, 1.82) is 0 Å². The smallest absolute Gasteiger partial charge is 0.410 e. The molecule has 0 heterocycles. The molecule has 0 bridgehead atoms. The molecular formula is C27H25NO6. The third-order valence-electron chi connectivity index (χ3n) is 5.98. The summed E-state index contributed by atoms with van der Waals surface area (Å²) in [5.41, 5.74) is 5.08. The summed E-state index contributed by atoms with van der Waals surface area (Å²) in [6, 6.07) is 23.5. The Labute approximate surface area is 197 Å². The molecule has 0 radical (unpaired) electrons. The second-order valence-electron chi connectivity index (χ2n) is 8.12. The zero-order valence-electron chi connectivity index (χ0n) is 18.7. The molecule has 0 spiro atoms. The number of amides is 1. The molecular weight excluding hydrogens is 434 g/mol. The first-order chi connectivity index (χ1) is 16.5. The van der Waals surface area contributed by atoms with Gasteiger partial charge in [0.2, 0.25) is 0 Å². The van der Waals surface area contributed by atoms with Crippen LogP contribution in [0.15, 0.2) is 78.9 Å². The summed E-state index contributed by atoms with van der Waals surface area (Å²) in [5, 5.41) is 9.61. The normalized spacial score (nSPS) is 12.9. The van der Waals surface area contributed by atoms with Gasteiger partial charge in [-0.2, -0.15) is 0 Å². The number of carbonyl (C=O) groups excluding carboxylic acids is 2. The Morgan fingerprint density at radius 3 is 2.00 bits per heavy atom. The van der Waals surface area contributed by atoms with E-state index >= 15 is 0 Å². The van der Waals surface area contributed by atoms with E-state index in [2.05, 4.69) is 0 Å². The number of fused-ring (bicyclic) bond motifs is 3. The van der Waals surface area contributed by atoms with Gasteiger partial charge in [0.15, 0.2) is 0 Å². The van der Waals surface area contributed by atoms with E-state index in [0.29, 0.717) is 0 Å². The molecule has 7 heteroatoms. The molecule has 3 aromatic carbocycles. The van der Waals surface area contributed by atoms with E-state index in [9.17, 15) is 19.5 Å². The van der Waals surface area contributed by atoms with E-state index in [0.717, 1.165) is 32.7 Å². The van der Waals surface area contributed by atoms with Gasteiger partial charge in [-0.15, -0.1) is 0 Å². The van der Waals surface area contributed by atoms with Crippen molar-refractivity contribution in [2.75, 3.05) is 13.7 Å². The molecule has 7 nitrogen and oxygen atoms in total. The highest BCUT2D eigenvalue weighted by molar-refractivity contribution is 5.85. The minimum Gasteiger partial charge on any atom is -0.480 e. The van der Waals surface area contributed by atoms with Gasteiger partial charge in [0, 0.05) is 13.0 Å². The van der Waals surface area contributed by atoms with E-state index in [4.69, 9.17) is 9.47 Å². The Balaban J connectivity index is 1.38. The SMILES string of the molecule is CN(C(=O)OCC1c2ccccc2-c2ccccc21)[C@@H](CC(=O)OCc1ccccc1)C(=O)O. The van der Waals surface area contributed by atoms with Crippen LogP contribution in [0.4, 0.5) is 4.79 Å². The van der Waals surface area contributed by atoms with Crippen molar-refractivity contribution in [3.05, 3.63) is 95.6 Å². The van der Waals surface area contributed by atoms with Gasteiger partial charge in [-0.3, -0.25) is 9.69 Å². The van der Waals surface area contributed by atoms with Crippen LogP contribution in [0.2, 0.25) is 0 Å². The van der Waals surface area contributed by atoms with Crippen molar-refractivity contribution in [2.45, 2.75) is 25.0 Å². The van der Waals surface area contributed by atoms with Crippen LogP contribution in [-0.2, 0) is 25.7 Å². The maximum absolute atomic E-state index is 12.7. The fraction of sp³-hybridized carbons (Fsp3) is 0.222. The topological polar surface area (TPSA) is 93.1 Å². The summed E-state index contributed by atoms with van der Waals surface area (Å²) in [4.78, 5) is 37.7. The number of rotatable bonds is 8. The number of benzene rings is 3. The highest BCUT2D eigenvalue weighted by Gasteiger charge is 2.33. The Kier molecular flexibility index (Phi) is 6.92. The molecule has 0 aromatic heterocycles. The lowest BCUT2D eigenvalue weighted by Gasteiger charge is -2.24. The van der Waals surface area contributed by atoms with Crippen LogP contribution in [0, 0.1) is 0 Å². The van der Waals surface area contributed by atoms with Crippen LogP contribution in [0.5, 0.6) is 0 Å². The number of likely N-dealkylation sites (N-methyl/N-ethyl adjacent to an activating group) is 1. The maximum atomic E-state index is 12.7. The number of carbonyl (C=O) groups is 3. The molecule has 0 fully saturated rings. The number of ether oxygens (including phenoxy) is 2. The molecule has 0 unspecified atom stereocenters. The Morgan fingerprint density at radius 1 is 0.853 bits per heavy atom. The molecule has 1 amide bonds. The van der Waals surface area contributed by atoms with E-state index < -0.39 is 30.5 Å². The first-order valence-corrected chi connectivity index (χ1v) is 11.0. The third kappa shape index (κ3) is 4.93. The molecule has 0 aliphatic heterocycles.